The predicted octanol–water partition coefficient (Wildman–Crippen LogP) is 5.18. The van der Waals surface area contributed by atoms with Gasteiger partial charge in [0.1, 0.15) is 0 Å². The quantitative estimate of drug-likeness (QED) is 0.324. The minimum absolute atomic E-state index is 0.659. The summed E-state index contributed by atoms with van der Waals surface area (Å²) in [5.41, 5.74) is 0. The summed E-state index contributed by atoms with van der Waals surface area (Å²) < 4.78 is 1.12. The summed E-state index contributed by atoms with van der Waals surface area (Å²) in [7, 11) is 9.17. The van der Waals surface area contributed by atoms with Gasteiger partial charge in [0.25, 0.3) is 0 Å². The van der Waals surface area contributed by atoms with Crippen molar-refractivity contribution in [2.45, 2.75) is 96.1 Å². The van der Waals surface area contributed by atoms with Crippen LogP contribution in [0.3, 0.4) is 0 Å². The molecule has 0 aromatic rings. The number of unbranched alkanes of at least 4 members (excludes halogenated alkanes) is 7. The Hall–Kier alpha value is -0.0800. The van der Waals surface area contributed by atoms with E-state index < -0.39 is 0 Å². The van der Waals surface area contributed by atoms with E-state index in [0.717, 1.165) is 16.9 Å². The van der Waals surface area contributed by atoms with E-state index >= 15 is 0 Å². The summed E-state index contributed by atoms with van der Waals surface area (Å²) >= 11 is 0. The lowest BCUT2D eigenvalue weighted by atomic mass is 9.98. The Bertz CT molecular complexity index is 232. The first-order chi connectivity index (χ1) is 10.4. The lowest BCUT2D eigenvalue weighted by Gasteiger charge is -2.34. The molecule has 0 fully saturated rings. The van der Waals surface area contributed by atoms with E-state index in [2.05, 4.69) is 47.4 Å². The van der Waals surface area contributed by atoms with E-state index in [-0.39, 0.29) is 0 Å². The highest BCUT2D eigenvalue weighted by molar-refractivity contribution is 4.63. The molecule has 1 N–H and O–H groups in total. The molecule has 2 heteroatoms. The highest BCUT2D eigenvalue weighted by atomic mass is 15.3. The Morgan fingerprint density at radius 2 is 1.27 bits per heavy atom. The maximum atomic E-state index is 3.91. The molecule has 22 heavy (non-hydrogen) atoms. The molecule has 2 atom stereocenters. The van der Waals surface area contributed by atoms with Crippen molar-refractivity contribution in [2.75, 3.05) is 28.2 Å². The molecule has 0 aromatic carbocycles. The van der Waals surface area contributed by atoms with Crippen LogP contribution in [0.2, 0.25) is 0 Å². The van der Waals surface area contributed by atoms with Gasteiger partial charge in [-0.15, -0.1) is 0 Å². The Kier molecular flexibility index (Phi) is 13.3. The average Bonchev–Trinajstić information content (AvgIpc) is 2.46. The van der Waals surface area contributed by atoms with Crippen LogP contribution in [0.1, 0.15) is 84.0 Å². The third-order valence-electron chi connectivity index (χ3n) is 5.05. The van der Waals surface area contributed by atoms with E-state index in [4.69, 9.17) is 0 Å². The zero-order valence-corrected chi connectivity index (χ0v) is 16.3. The van der Waals surface area contributed by atoms with Crippen LogP contribution in [-0.2, 0) is 0 Å². The van der Waals surface area contributed by atoms with E-state index in [1.165, 1.54) is 70.6 Å². The van der Waals surface area contributed by atoms with Gasteiger partial charge in [-0.1, -0.05) is 51.9 Å². The monoisotopic (exact) mass is 312 g/mol. The molecule has 2 nitrogen and oxygen atoms in total. The number of hydrogen-bond donors (Lipinski definition) is 1. The predicted molar refractivity (Wildman–Crippen MR) is 101 cm³/mol. The molecule has 1 radical (unpaired) electrons. The summed E-state index contributed by atoms with van der Waals surface area (Å²) in [6, 6.07) is 1.49. The zero-order valence-electron chi connectivity index (χ0n) is 16.3. The maximum Gasteiger partial charge on any atom is 0.0884 e. The highest BCUT2D eigenvalue weighted by Gasteiger charge is 2.22. The van der Waals surface area contributed by atoms with Crippen molar-refractivity contribution >= 4 is 0 Å². The molecular weight excluding hydrogens is 268 g/mol. The van der Waals surface area contributed by atoms with Crippen LogP contribution < -0.4 is 5.32 Å². The highest BCUT2D eigenvalue weighted by Crippen LogP contribution is 2.20. The third kappa shape index (κ3) is 12.5. The van der Waals surface area contributed by atoms with E-state index in [9.17, 15) is 0 Å². The number of rotatable bonds is 15. The molecule has 0 amide bonds. The minimum Gasteiger partial charge on any atom is -0.328 e. The molecule has 0 saturated carbocycles. The van der Waals surface area contributed by atoms with Crippen LogP contribution in [0.4, 0.5) is 0 Å². The fourth-order valence-corrected chi connectivity index (χ4v) is 3.16. The largest absolute Gasteiger partial charge is 0.328 e. The molecule has 0 aromatic heterocycles. The second-order valence-electron chi connectivity index (χ2n) is 8.01. The first-order valence-corrected chi connectivity index (χ1v) is 9.69. The smallest absolute Gasteiger partial charge is 0.0884 e. The summed E-state index contributed by atoms with van der Waals surface area (Å²) in [5.74, 6) is 0. The van der Waals surface area contributed by atoms with Crippen LogP contribution in [0.5, 0.6) is 0 Å². The summed E-state index contributed by atoms with van der Waals surface area (Å²) in [4.78, 5) is 0. The SMILES string of the molecule is [CH2]CCCCCCCCCC(CCCC(C)NC)[N+](C)(C)C. The van der Waals surface area contributed by atoms with Gasteiger partial charge in [-0.3, -0.25) is 0 Å². The van der Waals surface area contributed by atoms with Gasteiger partial charge in [0.15, 0.2) is 0 Å². The van der Waals surface area contributed by atoms with E-state index in [0.29, 0.717) is 6.04 Å². The lowest BCUT2D eigenvalue weighted by molar-refractivity contribution is -0.896. The topological polar surface area (TPSA) is 12.0 Å². The second-order valence-corrected chi connectivity index (χ2v) is 8.01. The van der Waals surface area contributed by atoms with Gasteiger partial charge in [-0.2, -0.15) is 0 Å². The average molecular weight is 313 g/mol. The molecular formula is C20H44N2+. The van der Waals surface area contributed by atoms with Gasteiger partial charge in [-0.05, 0) is 46.1 Å². The van der Waals surface area contributed by atoms with Crippen molar-refractivity contribution < 1.29 is 4.48 Å². The first-order valence-electron chi connectivity index (χ1n) is 9.69. The van der Waals surface area contributed by atoms with E-state index in [1.54, 1.807) is 0 Å². The molecule has 133 valence electrons. The number of nitrogens with zero attached hydrogens (tertiary/aromatic N) is 1. The standard InChI is InChI=1S/C20H44N2/c1-7-8-9-10-11-12-13-14-17-20(22(4,5)6)18-15-16-19(2)21-3/h19-21H,1,7-18H2,2-6H3/q+1. The van der Waals surface area contributed by atoms with Crippen LogP contribution in [0.25, 0.3) is 0 Å². The summed E-state index contributed by atoms with van der Waals surface area (Å²) in [6.07, 6.45) is 16.3. The van der Waals surface area contributed by atoms with Crippen molar-refractivity contribution in [1.82, 2.24) is 5.32 Å². The number of hydrogen-bond acceptors (Lipinski definition) is 1. The molecule has 2 unspecified atom stereocenters. The molecule has 0 spiro atoms. The fourth-order valence-electron chi connectivity index (χ4n) is 3.16. The molecule has 0 heterocycles. The van der Waals surface area contributed by atoms with Gasteiger partial charge in [0.2, 0.25) is 0 Å². The van der Waals surface area contributed by atoms with Gasteiger partial charge in [-0.25, -0.2) is 0 Å². The first kappa shape index (κ1) is 21.9. The van der Waals surface area contributed by atoms with Gasteiger partial charge < -0.3 is 9.80 Å². The molecule has 0 saturated heterocycles. The van der Waals surface area contributed by atoms with E-state index in [1.807, 2.05) is 0 Å². The van der Waals surface area contributed by atoms with Crippen LogP contribution in [-0.4, -0.2) is 44.8 Å². The number of nitrogens with one attached hydrogen (secondary N) is 1. The molecule has 0 aliphatic heterocycles. The lowest BCUT2D eigenvalue weighted by Crippen LogP contribution is -2.45. The maximum absolute atomic E-state index is 3.91. The Balaban J connectivity index is 3.77. The van der Waals surface area contributed by atoms with Crippen LogP contribution in [0, 0.1) is 6.92 Å². The van der Waals surface area contributed by atoms with Crippen molar-refractivity contribution in [2.24, 2.45) is 0 Å². The van der Waals surface area contributed by atoms with Crippen molar-refractivity contribution in [3.63, 3.8) is 0 Å². The zero-order chi connectivity index (χ0) is 16.8. The van der Waals surface area contributed by atoms with Crippen LogP contribution in [0.15, 0.2) is 0 Å². The van der Waals surface area contributed by atoms with Gasteiger partial charge >= 0.3 is 0 Å². The Labute approximate surface area is 141 Å². The van der Waals surface area contributed by atoms with Crippen molar-refractivity contribution in [3.05, 3.63) is 6.92 Å². The van der Waals surface area contributed by atoms with Crippen LogP contribution >= 0.6 is 0 Å². The molecule has 0 aliphatic rings. The molecule has 0 aliphatic carbocycles. The third-order valence-corrected chi connectivity index (χ3v) is 5.05. The summed E-state index contributed by atoms with van der Waals surface area (Å²) in [6.45, 7) is 6.20. The van der Waals surface area contributed by atoms with Crippen molar-refractivity contribution in [3.8, 4) is 0 Å². The molecule has 0 bridgehead atoms. The Morgan fingerprint density at radius 1 is 0.773 bits per heavy atom. The number of quaternary nitrogens is 1. The fraction of sp³-hybridized carbons (Fsp3) is 0.950. The molecule has 0 rings (SSSR count). The van der Waals surface area contributed by atoms with Gasteiger partial charge in [0.05, 0.1) is 27.2 Å². The van der Waals surface area contributed by atoms with Gasteiger partial charge in [0, 0.05) is 6.04 Å². The second kappa shape index (κ2) is 13.4. The minimum atomic E-state index is 0.659. The normalized spacial score (nSPS) is 15.0. The van der Waals surface area contributed by atoms with Crippen molar-refractivity contribution in [1.29, 1.82) is 0 Å². The summed E-state index contributed by atoms with van der Waals surface area (Å²) in [5, 5.41) is 3.35. The Morgan fingerprint density at radius 3 is 1.77 bits per heavy atom.